The molecule has 0 saturated carbocycles. The number of carbonyl (C=O) groups excluding carboxylic acids is 2. The molecule has 5 heteroatoms. The van der Waals surface area contributed by atoms with Crippen LogP contribution >= 0.6 is 0 Å². The first kappa shape index (κ1) is 31.9. The lowest BCUT2D eigenvalue weighted by Gasteiger charge is -2.19. The van der Waals surface area contributed by atoms with E-state index in [1.165, 1.54) is 64.2 Å². The van der Waals surface area contributed by atoms with Crippen LogP contribution < -0.4 is 0 Å². The summed E-state index contributed by atoms with van der Waals surface area (Å²) in [6.45, 7) is 6.81. The number of hydrogen-bond acceptors (Lipinski definition) is 5. The van der Waals surface area contributed by atoms with Crippen LogP contribution in [0.4, 0.5) is 0 Å². The van der Waals surface area contributed by atoms with Crippen molar-refractivity contribution in [1.29, 1.82) is 0 Å². The van der Waals surface area contributed by atoms with Gasteiger partial charge in [-0.05, 0) is 25.7 Å². The Kier molecular flexibility index (Phi) is 23.2. The standard InChI is InChI=1S/C28H54O5/c1-4-7-10-12-14-16-18-20-22-25(29)27(30)33-26(28(31)32-24-9-6-3)23-21-19-17-15-13-11-8-5-2/h25-26,29H,4-24H2,1-3H3. The van der Waals surface area contributed by atoms with Gasteiger partial charge in [-0.15, -0.1) is 0 Å². The number of aliphatic hydroxyl groups excluding tert-OH is 1. The van der Waals surface area contributed by atoms with Crippen molar-refractivity contribution in [3.05, 3.63) is 0 Å². The van der Waals surface area contributed by atoms with Crippen molar-refractivity contribution < 1.29 is 24.2 Å². The summed E-state index contributed by atoms with van der Waals surface area (Å²) < 4.78 is 10.7. The Balaban J connectivity index is 4.26. The second-order valence-corrected chi connectivity index (χ2v) is 9.49. The summed E-state index contributed by atoms with van der Waals surface area (Å²) >= 11 is 0. The molecule has 2 atom stereocenters. The summed E-state index contributed by atoms with van der Waals surface area (Å²) in [7, 11) is 0. The van der Waals surface area contributed by atoms with Crippen LogP contribution in [0.3, 0.4) is 0 Å². The van der Waals surface area contributed by atoms with Crippen molar-refractivity contribution in [2.24, 2.45) is 0 Å². The fraction of sp³-hybridized carbons (Fsp3) is 0.929. The van der Waals surface area contributed by atoms with Gasteiger partial charge in [0.05, 0.1) is 6.61 Å². The van der Waals surface area contributed by atoms with E-state index in [2.05, 4.69) is 13.8 Å². The smallest absolute Gasteiger partial charge is 0.347 e. The van der Waals surface area contributed by atoms with E-state index in [4.69, 9.17) is 9.47 Å². The average molecular weight is 471 g/mol. The third-order valence-electron chi connectivity index (χ3n) is 6.19. The first-order valence-corrected chi connectivity index (χ1v) is 14.1. The molecule has 0 fully saturated rings. The van der Waals surface area contributed by atoms with Crippen molar-refractivity contribution in [3.63, 3.8) is 0 Å². The zero-order chi connectivity index (χ0) is 24.6. The highest BCUT2D eigenvalue weighted by Gasteiger charge is 2.27. The van der Waals surface area contributed by atoms with Gasteiger partial charge in [0, 0.05) is 0 Å². The van der Waals surface area contributed by atoms with Crippen molar-refractivity contribution in [2.45, 2.75) is 161 Å². The molecule has 33 heavy (non-hydrogen) atoms. The van der Waals surface area contributed by atoms with Gasteiger partial charge in [0.25, 0.3) is 0 Å². The van der Waals surface area contributed by atoms with Crippen LogP contribution in [0.5, 0.6) is 0 Å². The van der Waals surface area contributed by atoms with E-state index in [-0.39, 0.29) is 0 Å². The minimum atomic E-state index is -1.16. The van der Waals surface area contributed by atoms with E-state index in [0.717, 1.165) is 51.4 Å². The van der Waals surface area contributed by atoms with Gasteiger partial charge in [-0.3, -0.25) is 0 Å². The zero-order valence-corrected chi connectivity index (χ0v) is 22.1. The molecule has 0 aromatic rings. The van der Waals surface area contributed by atoms with Crippen LogP contribution in [0.1, 0.15) is 149 Å². The Bertz CT molecular complexity index is 452. The number of hydrogen-bond donors (Lipinski definition) is 1. The number of aliphatic hydroxyl groups is 1. The molecule has 0 radical (unpaired) electrons. The molecular weight excluding hydrogens is 416 g/mol. The monoisotopic (exact) mass is 470 g/mol. The Morgan fingerprint density at radius 1 is 0.576 bits per heavy atom. The van der Waals surface area contributed by atoms with Crippen LogP contribution in [0, 0.1) is 0 Å². The number of unbranched alkanes of at least 4 members (excludes halogenated alkanes) is 15. The zero-order valence-electron chi connectivity index (χ0n) is 22.1. The average Bonchev–Trinajstić information content (AvgIpc) is 2.81. The van der Waals surface area contributed by atoms with Gasteiger partial charge in [0.2, 0.25) is 0 Å². The molecular formula is C28H54O5. The molecule has 196 valence electrons. The van der Waals surface area contributed by atoms with Crippen LogP contribution in [-0.4, -0.2) is 35.9 Å². The summed E-state index contributed by atoms with van der Waals surface area (Å²) in [6.07, 6.45) is 19.1. The van der Waals surface area contributed by atoms with E-state index in [9.17, 15) is 14.7 Å². The predicted octanol–water partition coefficient (Wildman–Crippen LogP) is 7.66. The predicted molar refractivity (Wildman–Crippen MR) is 136 cm³/mol. The molecule has 0 saturated heterocycles. The lowest BCUT2D eigenvalue weighted by Crippen LogP contribution is -2.34. The summed E-state index contributed by atoms with van der Waals surface area (Å²) in [5.41, 5.74) is 0. The topological polar surface area (TPSA) is 72.8 Å². The van der Waals surface area contributed by atoms with Gasteiger partial charge in [-0.1, -0.05) is 124 Å². The Morgan fingerprint density at radius 3 is 1.48 bits per heavy atom. The number of ether oxygens (including phenoxy) is 2. The molecule has 0 aliphatic carbocycles. The van der Waals surface area contributed by atoms with Crippen molar-refractivity contribution in [3.8, 4) is 0 Å². The Hall–Kier alpha value is -1.10. The molecule has 0 bridgehead atoms. The van der Waals surface area contributed by atoms with Gasteiger partial charge >= 0.3 is 11.9 Å². The fourth-order valence-corrected chi connectivity index (χ4v) is 3.91. The normalized spacial score (nSPS) is 13.0. The molecule has 0 rings (SSSR count). The molecule has 0 spiro atoms. The largest absolute Gasteiger partial charge is 0.463 e. The number of carbonyl (C=O) groups is 2. The minimum Gasteiger partial charge on any atom is -0.463 e. The SMILES string of the molecule is CCCCCCCCCCC(O)C(=O)OC(CCCCCCCCCC)C(=O)OCCCC. The number of rotatable bonds is 24. The third-order valence-corrected chi connectivity index (χ3v) is 6.19. The van der Waals surface area contributed by atoms with E-state index in [0.29, 0.717) is 19.4 Å². The maximum absolute atomic E-state index is 12.4. The molecule has 0 amide bonds. The first-order chi connectivity index (χ1) is 16.1. The van der Waals surface area contributed by atoms with E-state index in [1.54, 1.807) is 0 Å². The van der Waals surface area contributed by atoms with Crippen LogP contribution in [0.25, 0.3) is 0 Å². The van der Waals surface area contributed by atoms with Crippen LogP contribution in [-0.2, 0) is 19.1 Å². The molecule has 5 nitrogen and oxygen atoms in total. The third kappa shape index (κ3) is 20.0. The van der Waals surface area contributed by atoms with Crippen LogP contribution in [0.15, 0.2) is 0 Å². The van der Waals surface area contributed by atoms with E-state index >= 15 is 0 Å². The molecule has 0 aliphatic rings. The Morgan fingerprint density at radius 2 is 1.00 bits per heavy atom. The van der Waals surface area contributed by atoms with Crippen molar-refractivity contribution >= 4 is 11.9 Å². The first-order valence-electron chi connectivity index (χ1n) is 14.1. The highest BCUT2D eigenvalue weighted by molar-refractivity contribution is 5.81. The van der Waals surface area contributed by atoms with Gasteiger partial charge < -0.3 is 14.6 Å². The highest BCUT2D eigenvalue weighted by atomic mass is 16.6. The number of esters is 2. The maximum Gasteiger partial charge on any atom is 0.347 e. The lowest BCUT2D eigenvalue weighted by atomic mass is 10.0. The second kappa shape index (κ2) is 24.0. The molecule has 0 aromatic carbocycles. The molecule has 0 heterocycles. The van der Waals surface area contributed by atoms with Gasteiger partial charge in [-0.25, -0.2) is 9.59 Å². The lowest BCUT2D eigenvalue weighted by molar-refractivity contribution is -0.174. The fourth-order valence-electron chi connectivity index (χ4n) is 3.91. The summed E-state index contributed by atoms with van der Waals surface area (Å²) in [5.74, 6) is -1.16. The summed E-state index contributed by atoms with van der Waals surface area (Å²) in [5, 5.41) is 10.2. The van der Waals surface area contributed by atoms with Gasteiger partial charge in [0.15, 0.2) is 12.2 Å². The molecule has 0 aliphatic heterocycles. The van der Waals surface area contributed by atoms with Gasteiger partial charge in [0.1, 0.15) is 0 Å². The van der Waals surface area contributed by atoms with Crippen molar-refractivity contribution in [1.82, 2.24) is 0 Å². The van der Waals surface area contributed by atoms with E-state index < -0.39 is 24.1 Å². The van der Waals surface area contributed by atoms with Crippen LogP contribution in [0.2, 0.25) is 0 Å². The maximum atomic E-state index is 12.4. The van der Waals surface area contributed by atoms with Gasteiger partial charge in [-0.2, -0.15) is 0 Å². The molecule has 2 unspecified atom stereocenters. The quantitative estimate of drug-likeness (QED) is 0.116. The highest BCUT2D eigenvalue weighted by Crippen LogP contribution is 2.16. The molecule has 0 aromatic heterocycles. The van der Waals surface area contributed by atoms with Crippen molar-refractivity contribution in [2.75, 3.05) is 6.61 Å². The molecule has 1 N–H and O–H groups in total. The minimum absolute atomic E-state index is 0.349. The Labute approximate surface area is 204 Å². The summed E-state index contributed by atoms with van der Waals surface area (Å²) in [4.78, 5) is 24.8. The summed E-state index contributed by atoms with van der Waals surface area (Å²) in [6, 6.07) is 0. The van der Waals surface area contributed by atoms with E-state index in [1.807, 2.05) is 6.92 Å². The second-order valence-electron chi connectivity index (χ2n) is 9.49.